The first kappa shape index (κ1) is 27.2. The highest BCUT2D eigenvalue weighted by molar-refractivity contribution is 7.99. The highest BCUT2D eigenvalue weighted by Crippen LogP contribution is 2.37. The van der Waals surface area contributed by atoms with Crippen LogP contribution in [0.15, 0.2) is 52.8 Å². The number of urea groups is 1. The third-order valence-electron chi connectivity index (χ3n) is 5.65. The Bertz CT molecular complexity index is 1340. The van der Waals surface area contributed by atoms with E-state index in [9.17, 15) is 9.59 Å². The fourth-order valence-corrected chi connectivity index (χ4v) is 4.99. The third-order valence-corrected chi connectivity index (χ3v) is 6.55. The van der Waals surface area contributed by atoms with Gasteiger partial charge in [-0.3, -0.25) is 0 Å². The van der Waals surface area contributed by atoms with Crippen LogP contribution in [0.5, 0.6) is 17.2 Å². The lowest BCUT2D eigenvalue weighted by atomic mass is 9.94. The number of amides is 2. The van der Waals surface area contributed by atoms with Gasteiger partial charge in [0.15, 0.2) is 5.16 Å². The zero-order chi connectivity index (χ0) is 27.1. The minimum Gasteiger partial charge on any atom is -0.494 e. The predicted octanol–water partition coefficient (Wildman–Crippen LogP) is 4.72. The first-order valence-corrected chi connectivity index (χ1v) is 13.6. The number of rotatable bonds is 12. The molecule has 3 N–H and O–H groups in total. The second-order valence-electron chi connectivity index (χ2n) is 8.15. The summed E-state index contributed by atoms with van der Waals surface area (Å²) in [6.45, 7) is 9.07. The van der Waals surface area contributed by atoms with E-state index in [4.69, 9.17) is 18.9 Å². The van der Waals surface area contributed by atoms with Gasteiger partial charge in [0.25, 0.3) is 0 Å². The number of H-pyrrole nitrogens is 1. The van der Waals surface area contributed by atoms with Crippen molar-refractivity contribution < 1.29 is 28.5 Å². The smallest absolute Gasteiger partial charge is 0.338 e. The number of benzene rings is 2. The first-order valence-electron chi connectivity index (χ1n) is 12.6. The summed E-state index contributed by atoms with van der Waals surface area (Å²) < 4.78 is 22.5. The van der Waals surface area contributed by atoms with Crippen LogP contribution < -0.4 is 24.8 Å². The van der Waals surface area contributed by atoms with Crippen LogP contribution in [0.3, 0.4) is 0 Å². The maximum absolute atomic E-state index is 13.2. The molecule has 2 heterocycles. The molecule has 0 radical (unpaired) electrons. The Hall–Kier alpha value is -3.86. The number of esters is 1. The van der Waals surface area contributed by atoms with Crippen LogP contribution in [0.25, 0.3) is 11.0 Å². The van der Waals surface area contributed by atoms with Crippen LogP contribution in [0.4, 0.5) is 4.79 Å². The monoisotopic (exact) mass is 540 g/mol. The molecule has 11 heteroatoms. The molecule has 10 nitrogen and oxygen atoms in total. The minimum absolute atomic E-state index is 0.187. The zero-order valence-corrected chi connectivity index (χ0v) is 22.7. The number of hydrogen-bond donors (Lipinski definition) is 3. The van der Waals surface area contributed by atoms with Gasteiger partial charge in [0.05, 0.1) is 49.1 Å². The first-order chi connectivity index (χ1) is 18.5. The molecule has 0 saturated heterocycles. The van der Waals surface area contributed by atoms with E-state index in [1.54, 1.807) is 25.1 Å². The Morgan fingerprint density at radius 3 is 2.37 bits per heavy atom. The molecular weight excluding hydrogens is 508 g/mol. The molecule has 1 aliphatic heterocycles. The molecule has 3 aromatic rings. The van der Waals surface area contributed by atoms with Gasteiger partial charge in [-0.15, -0.1) is 0 Å². The zero-order valence-electron chi connectivity index (χ0n) is 21.9. The maximum Gasteiger partial charge on any atom is 0.338 e. The Kier molecular flexibility index (Phi) is 9.01. The van der Waals surface area contributed by atoms with Gasteiger partial charge in [0.1, 0.15) is 17.2 Å². The number of thioether (sulfide) groups is 1. The number of nitrogens with one attached hydrogen (secondary N) is 3. The lowest BCUT2D eigenvalue weighted by Crippen LogP contribution is -2.46. The standard InChI is InChI=1S/C27H32N4O6S/c1-5-34-16-10-12-22(36-7-3)18(13-16)24-23(25(32)37-8-4)21(28-26(33)31-24)15-38-27-29-19-11-9-17(35-6-2)14-20(19)30-27/h9-14,24H,5-8,15H2,1-4H3,(H,29,30)(H2,28,31,33). The molecule has 4 rings (SSSR count). The van der Waals surface area contributed by atoms with Crippen LogP contribution in [0.1, 0.15) is 39.3 Å². The molecule has 0 aliphatic carbocycles. The molecule has 0 spiro atoms. The van der Waals surface area contributed by atoms with Gasteiger partial charge in [-0.05, 0) is 58.0 Å². The molecule has 202 valence electrons. The molecule has 1 aliphatic rings. The van der Waals surface area contributed by atoms with Crippen molar-refractivity contribution in [1.82, 2.24) is 20.6 Å². The summed E-state index contributed by atoms with van der Waals surface area (Å²) in [5, 5.41) is 6.31. The van der Waals surface area contributed by atoms with Gasteiger partial charge in [0, 0.05) is 23.1 Å². The molecule has 2 amide bonds. The SMILES string of the molecule is CCOC(=O)C1=C(CSc2nc3ccc(OCC)cc3[nH]2)NC(=O)NC1c1cc(OCC)ccc1OCC. The van der Waals surface area contributed by atoms with Crippen molar-refractivity contribution in [3.8, 4) is 17.2 Å². The molecule has 0 fully saturated rings. The van der Waals surface area contributed by atoms with E-state index in [2.05, 4.69) is 20.6 Å². The number of aromatic amines is 1. The van der Waals surface area contributed by atoms with Crippen LogP contribution in [0, 0.1) is 0 Å². The number of aromatic nitrogens is 2. The maximum atomic E-state index is 13.2. The Morgan fingerprint density at radius 1 is 0.947 bits per heavy atom. The molecule has 1 unspecified atom stereocenters. The van der Waals surface area contributed by atoms with Crippen molar-refractivity contribution >= 4 is 34.8 Å². The summed E-state index contributed by atoms with van der Waals surface area (Å²) in [5.74, 6) is 1.63. The number of fused-ring (bicyclic) bond motifs is 1. The summed E-state index contributed by atoms with van der Waals surface area (Å²) in [6, 6.07) is 9.76. The normalized spacial score (nSPS) is 15.2. The van der Waals surface area contributed by atoms with E-state index in [1.807, 2.05) is 39.0 Å². The van der Waals surface area contributed by atoms with Crippen LogP contribution in [0.2, 0.25) is 0 Å². The Labute approximate surface area is 225 Å². The van der Waals surface area contributed by atoms with Crippen molar-refractivity contribution in [2.45, 2.75) is 38.9 Å². The molecule has 0 bridgehead atoms. The number of imidazole rings is 1. The van der Waals surface area contributed by atoms with E-state index in [1.165, 1.54) is 11.8 Å². The Balaban J connectivity index is 1.70. The van der Waals surface area contributed by atoms with Crippen LogP contribution in [-0.4, -0.2) is 54.1 Å². The number of carbonyl (C=O) groups excluding carboxylic acids is 2. The number of nitrogens with zero attached hydrogens (tertiary/aromatic N) is 1. The topological polar surface area (TPSA) is 124 Å². The second-order valence-corrected chi connectivity index (χ2v) is 9.12. The molecule has 1 aromatic heterocycles. The van der Waals surface area contributed by atoms with E-state index in [0.717, 1.165) is 16.8 Å². The third kappa shape index (κ3) is 6.16. The predicted molar refractivity (Wildman–Crippen MR) is 145 cm³/mol. The minimum atomic E-state index is -0.801. The molecule has 0 saturated carbocycles. The average molecular weight is 541 g/mol. The van der Waals surface area contributed by atoms with Gasteiger partial charge >= 0.3 is 12.0 Å². The fraction of sp³-hybridized carbons (Fsp3) is 0.370. The van der Waals surface area contributed by atoms with E-state index < -0.39 is 18.0 Å². The summed E-state index contributed by atoms with van der Waals surface area (Å²) in [7, 11) is 0. The van der Waals surface area contributed by atoms with E-state index in [0.29, 0.717) is 53.3 Å². The highest BCUT2D eigenvalue weighted by atomic mass is 32.2. The summed E-state index contributed by atoms with van der Waals surface area (Å²) in [5.41, 5.74) is 2.95. The van der Waals surface area contributed by atoms with Crippen molar-refractivity contribution in [3.05, 3.63) is 53.2 Å². The number of ether oxygens (including phenoxy) is 4. The van der Waals surface area contributed by atoms with Crippen molar-refractivity contribution in [1.29, 1.82) is 0 Å². The van der Waals surface area contributed by atoms with Crippen molar-refractivity contribution in [2.75, 3.05) is 32.2 Å². The van der Waals surface area contributed by atoms with E-state index >= 15 is 0 Å². The van der Waals surface area contributed by atoms with Crippen molar-refractivity contribution in [2.24, 2.45) is 0 Å². The Morgan fingerprint density at radius 2 is 1.66 bits per heavy atom. The summed E-state index contributed by atoms with van der Waals surface area (Å²) >= 11 is 1.36. The van der Waals surface area contributed by atoms with Gasteiger partial charge in [-0.1, -0.05) is 11.8 Å². The molecule has 1 atom stereocenters. The van der Waals surface area contributed by atoms with Gasteiger partial charge in [-0.2, -0.15) is 0 Å². The van der Waals surface area contributed by atoms with E-state index in [-0.39, 0.29) is 12.4 Å². The molecule has 38 heavy (non-hydrogen) atoms. The number of hydrogen-bond acceptors (Lipinski definition) is 8. The van der Waals surface area contributed by atoms with Crippen LogP contribution >= 0.6 is 11.8 Å². The molecular formula is C27H32N4O6S. The lowest BCUT2D eigenvalue weighted by molar-refractivity contribution is -0.139. The highest BCUT2D eigenvalue weighted by Gasteiger charge is 2.35. The van der Waals surface area contributed by atoms with Crippen molar-refractivity contribution in [3.63, 3.8) is 0 Å². The molecule has 2 aromatic carbocycles. The second kappa shape index (κ2) is 12.6. The lowest BCUT2D eigenvalue weighted by Gasteiger charge is -2.30. The fourth-order valence-electron chi connectivity index (χ4n) is 4.14. The number of carbonyl (C=O) groups is 2. The van der Waals surface area contributed by atoms with Gasteiger partial charge in [-0.25, -0.2) is 14.6 Å². The van der Waals surface area contributed by atoms with Gasteiger partial charge < -0.3 is 34.6 Å². The van der Waals surface area contributed by atoms with Crippen LogP contribution in [-0.2, 0) is 9.53 Å². The summed E-state index contributed by atoms with van der Waals surface area (Å²) in [6.07, 6.45) is 0. The quantitative estimate of drug-likeness (QED) is 0.223. The average Bonchev–Trinajstić information content (AvgIpc) is 3.31. The van der Waals surface area contributed by atoms with Gasteiger partial charge in [0.2, 0.25) is 0 Å². The summed E-state index contributed by atoms with van der Waals surface area (Å²) in [4.78, 5) is 33.9. The largest absolute Gasteiger partial charge is 0.494 e.